The molecule has 0 saturated heterocycles. The number of ether oxygens (including phenoxy) is 2. The van der Waals surface area contributed by atoms with Crippen molar-refractivity contribution in [1.29, 1.82) is 0 Å². The summed E-state index contributed by atoms with van der Waals surface area (Å²) in [6, 6.07) is 8.26. The number of esters is 2. The molecule has 7 nitrogen and oxygen atoms in total. The van der Waals surface area contributed by atoms with Crippen molar-refractivity contribution in [2.24, 2.45) is 0 Å². The van der Waals surface area contributed by atoms with Crippen LogP contribution in [0.4, 0.5) is 0 Å². The first-order valence-corrected chi connectivity index (χ1v) is 7.63. The van der Waals surface area contributed by atoms with Crippen LogP contribution in [0.3, 0.4) is 0 Å². The maximum atomic E-state index is 11.9. The smallest absolute Gasteiger partial charge is 0.308 e. The van der Waals surface area contributed by atoms with Crippen LogP contribution in [0, 0.1) is 0 Å². The van der Waals surface area contributed by atoms with Crippen LogP contribution < -0.4 is 14.8 Å². The molecule has 0 atom stereocenters. The van der Waals surface area contributed by atoms with E-state index in [1.165, 1.54) is 20.0 Å². The van der Waals surface area contributed by atoms with Gasteiger partial charge in [0.15, 0.2) is 11.5 Å². The number of carbonyl (C=O) groups is 3. The quantitative estimate of drug-likeness (QED) is 0.636. The van der Waals surface area contributed by atoms with Crippen molar-refractivity contribution < 1.29 is 23.9 Å². The van der Waals surface area contributed by atoms with Crippen molar-refractivity contribution in [3.63, 3.8) is 0 Å². The minimum atomic E-state index is -0.518. The van der Waals surface area contributed by atoms with Crippen molar-refractivity contribution in [3.8, 4) is 11.5 Å². The fourth-order valence-corrected chi connectivity index (χ4v) is 2.10. The maximum Gasteiger partial charge on any atom is 0.308 e. The molecule has 0 bridgehead atoms. The summed E-state index contributed by atoms with van der Waals surface area (Å²) in [6.45, 7) is 2.91. The Labute approximate surface area is 145 Å². The van der Waals surface area contributed by atoms with Crippen LogP contribution in [0.2, 0.25) is 0 Å². The number of hydrogen-bond acceptors (Lipinski definition) is 6. The van der Waals surface area contributed by atoms with E-state index in [4.69, 9.17) is 9.47 Å². The van der Waals surface area contributed by atoms with E-state index in [2.05, 4.69) is 10.3 Å². The number of pyridine rings is 1. The van der Waals surface area contributed by atoms with Gasteiger partial charge in [0.05, 0.1) is 5.56 Å². The van der Waals surface area contributed by atoms with Crippen LogP contribution in [0.1, 0.15) is 29.8 Å². The fourth-order valence-electron chi connectivity index (χ4n) is 2.10. The van der Waals surface area contributed by atoms with E-state index in [0.717, 1.165) is 5.56 Å². The SMILES string of the molecule is CC(=O)Oc1ccc(CCNC(=O)c2cccnc2)cc1OC(C)=O. The average molecular weight is 342 g/mol. The average Bonchev–Trinajstić information content (AvgIpc) is 2.57. The lowest BCUT2D eigenvalue weighted by molar-refractivity contribution is -0.134. The number of rotatable bonds is 6. The first-order valence-electron chi connectivity index (χ1n) is 7.63. The van der Waals surface area contributed by atoms with E-state index >= 15 is 0 Å². The van der Waals surface area contributed by atoms with Gasteiger partial charge >= 0.3 is 11.9 Å². The molecule has 25 heavy (non-hydrogen) atoms. The van der Waals surface area contributed by atoms with Gasteiger partial charge in [-0.15, -0.1) is 0 Å². The largest absolute Gasteiger partial charge is 0.423 e. The zero-order valence-electron chi connectivity index (χ0n) is 13.9. The Morgan fingerprint density at radius 1 is 1.04 bits per heavy atom. The van der Waals surface area contributed by atoms with Gasteiger partial charge in [0.2, 0.25) is 0 Å². The molecule has 130 valence electrons. The number of hydrogen-bond donors (Lipinski definition) is 1. The molecule has 0 fully saturated rings. The Morgan fingerprint density at radius 2 is 1.76 bits per heavy atom. The molecule has 0 aliphatic heterocycles. The van der Waals surface area contributed by atoms with Crippen LogP contribution in [0.15, 0.2) is 42.7 Å². The topological polar surface area (TPSA) is 94.6 Å². The number of carbonyl (C=O) groups excluding carboxylic acids is 3. The Bertz CT molecular complexity index is 774. The number of nitrogens with one attached hydrogen (secondary N) is 1. The molecule has 1 heterocycles. The summed E-state index contributed by atoms with van der Waals surface area (Å²) in [4.78, 5) is 38.1. The normalized spacial score (nSPS) is 10.0. The van der Waals surface area contributed by atoms with Gasteiger partial charge in [-0.2, -0.15) is 0 Å². The molecule has 2 aromatic rings. The van der Waals surface area contributed by atoms with E-state index in [1.807, 2.05) is 0 Å². The van der Waals surface area contributed by atoms with Crippen molar-refractivity contribution in [3.05, 3.63) is 53.9 Å². The van der Waals surface area contributed by atoms with Crippen LogP contribution >= 0.6 is 0 Å². The zero-order valence-corrected chi connectivity index (χ0v) is 13.9. The predicted molar refractivity (Wildman–Crippen MR) is 89.3 cm³/mol. The van der Waals surface area contributed by atoms with Crippen LogP contribution in [-0.4, -0.2) is 29.4 Å². The Morgan fingerprint density at radius 3 is 2.40 bits per heavy atom. The second kappa shape index (κ2) is 8.58. The number of aromatic nitrogens is 1. The molecule has 1 aromatic carbocycles. The first kappa shape index (κ1) is 18.1. The van der Waals surface area contributed by atoms with Gasteiger partial charge in [0, 0.05) is 32.8 Å². The summed E-state index contributed by atoms with van der Waals surface area (Å²) in [5.41, 5.74) is 1.30. The van der Waals surface area contributed by atoms with E-state index in [1.54, 1.807) is 36.5 Å². The van der Waals surface area contributed by atoms with E-state index in [0.29, 0.717) is 18.5 Å². The lowest BCUT2D eigenvalue weighted by Gasteiger charge is -2.11. The Hall–Kier alpha value is -3.22. The van der Waals surface area contributed by atoms with Gasteiger partial charge < -0.3 is 14.8 Å². The molecule has 0 unspecified atom stereocenters. The number of nitrogens with zero attached hydrogens (tertiary/aromatic N) is 1. The number of benzene rings is 1. The monoisotopic (exact) mass is 342 g/mol. The van der Waals surface area contributed by atoms with Crippen LogP contribution in [-0.2, 0) is 16.0 Å². The second-order valence-electron chi connectivity index (χ2n) is 5.22. The molecule has 1 aromatic heterocycles. The number of amides is 1. The second-order valence-corrected chi connectivity index (χ2v) is 5.22. The third-order valence-electron chi connectivity index (χ3n) is 3.14. The molecule has 0 spiro atoms. The lowest BCUT2D eigenvalue weighted by atomic mass is 10.1. The van der Waals surface area contributed by atoms with Crippen molar-refractivity contribution in [2.45, 2.75) is 20.3 Å². The predicted octanol–water partition coefficient (Wildman–Crippen LogP) is 1.90. The molecule has 2 rings (SSSR count). The van der Waals surface area contributed by atoms with Crippen molar-refractivity contribution >= 4 is 17.8 Å². The Kier molecular flexibility index (Phi) is 6.22. The highest BCUT2D eigenvalue weighted by atomic mass is 16.6. The van der Waals surface area contributed by atoms with Crippen molar-refractivity contribution in [1.82, 2.24) is 10.3 Å². The van der Waals surface area contributed by atoms with Crippen LogP contribution in [0.25, 0.3) is 0 Å². The summed E-state index contributed by atoms with van der Waals surface area (Å²) < 4.78 is 10.1. The van der Waals surface area contributed by atoms with Gasteiger partial charge in [0.25, 0.3) is 5.91 Å². The third-order valence-corrected chi connectivity index (χ3v) is 3.14. The summed E-state index contributed by atoms with van der Waals surface area (Å²) in [7, 11) is 0. The minimum Gasteiger partial charge on any atom is -0.423 e. The molecule has 0 saturated carbocycles. The maximum absolute atomic E-state index is 11.9. The molecular weight excluding hydrogens is 324 g/mol. The molecule has 1 amide bonds. The highest BCUT2D eigenvalue weighted by molar-refractivity contribution is 5.93. The highest BCUT2D eigenvalue weighted by Gasteiger charge is 2.11. The molecule has 1 N–H and O–H groups in total. The van der Waals surface area contributed by atoms with Crippen molar-refractivity contribution in [2.75, 3.05) is 6.54 Å². The Balaban J connectivity index is 2.00. The first-order chi connectivity index (χ1) is 12.0. The van der Waals surface area contributed by atoms with Crippen LogP contribution in [0.5, 0.6) is 11.5 Å². The molecule has 0 radical (unpaired) electrons. The van der Waals surface area contributed by atoms with E-state index in [9.17, 15) is 14.4 Å². The van der Waals surface area contributed by atoms with E-state index < -0.39 is 11.9 Å². The molecular formula is C18H18N2O5. The highest BCUT2D eigenvalue weighted by Crippen LogP contribution is 2.29. The molecule has 0 aliphatic carbocycles. The molecule has 0 aliphatic rings. The third kappa shape index (κ3) is 5.72. The lowest BCUT2D eigenvalue weighted by Crippen LogP contribution is -2.25. The standard InChI is InChI=1S/C18H18N2O5/c1-12(21)24-16-6-5-14(10-17(16)25-13(2)22)7-9-20-18(23)15-4-3-8-19-11-15/h3-6,8,10-11H,7,9H2,1-2H3,(H,20,23). The van der Waals surface area contributed by atoms with Gasteiger partial charge in [-0.25, -0.2) is 0 Å². The summed E-state index contributed by atoms with van der Waals surface area (Å²) in [5.74, 6) is -0.908. The summed E-state index contributed by atoms with van der Waals surface area (Å²) in [5, 5.41) is 2.78. The fraction of sp³-hybridized carbons (Fsp3) is 0.222. The van der Waals surface area contributed by atoms with Gasteiger partial charge in [-0.05, 0) is 36.2 Å². The van der Waals surface area contributed by atoms with Gasteiger partial charge in [-0.3, -0.25) is 19.4 Å². The van der Waals surface area contributed by atoms with E-state index in [-0.39, 0.29) is 17.4 Å². The van der Waals surface area contributed by atoms with Gasteiger partial charge in [-0.1, -0.05) is 6.07 Å². The van der Waals surface area contributed by atoms with Gasteiger partial charge in [0.1, 0.15) is 0 Å². The summed E-state index contributed by atoms with van der Waals surface area (Å²) in [6.07, 6.45) is 3.60. The minimum absolute atomic E-state index is 0.166. The molecule has 7 heteroatoms. The zero-order chi connectivity index (χ0) is 18.2. The summed E-state index contributed by atoms with van der Waals surface area (Å²) >= 11 is 0.